The molecule has 1 unspecified atom stereocenters. The topological polar surface area (TPSA) is 15.3 Å². The van der Waals surface area contributed by atoms with Crippen molar-refractivity contribution < 1.29 is 0 Å². The van der Waals surface area contributed by atoms with Crippen LogP contribution < -0.4 is 10.2 Å². The summed E-state index contributed by atoms with van der Waals surface area (Å²) in [5, 5.41) is 3.31. The van der Waals surface area contributed by atoms with E-state index in [2.05, 4.69) is 64.3 Å². The Kier molecular flexibility index (Phi) is 3.79. The molecule has 17 heavy (non-hydrogen) atoms. The molecule has 1 aromatic carbocycles. The van der Waals surface area contributed by atoms with Gasteiger partial charge in [0.25, 0.3) is 0 Å². The smallest absolute Gasteiger partial charge is 0.0386 e. The zero-order chi connectivity index (χ0) is 12.5. The van der Waals surface area contributed by atoms with Crippen LogP contribution in [0.15, 0.2) is 28.7 Å². The highest BCUT2D eigenvalue weighted by molar-refractivity contribution is 9.10. The van der Waals surface area contributed by atoms with Crippen molar-refractivity contribution in [2.45, 2.75) is 25.8 Å². The molecule has 1 saturated heterocycles. The third kappa shape index (κ3) is 2.50. The zero-order valence-electron chi connectivity index (χ0n) is 10.8. The molecule has 1 atom stereocenters. The van der Waals surface area contributed by atoms with Gasteiger partial charge < -0.3 is 10.2 Å². The monoisotopic (exact) mass is 296 g/mol. The van der Waals surface area contributed by atoms with Crippen LogP contribution in [0.2, 0.25) is 0 Å². The number of rotatable bonds is 3. The van der Waals surface area contributed by atoms with Gasteiger partial charge in [-0.25, -0.2) is 0 Å². The second-order valence-electron chi connectivity index (χ2n) is 5.33. The Bertz CT molecular complexity index is 390. The number of hydrogen-bond acceptors (Lipinski definition) is 2. The predicted octanol–water partition coefficient (Wildman–Crippen LogP) is 3.27. The number of anilines is 1. The Morgan fingerprint density at radius 3 is 2.88 bits per heavy atom. The van der Waals surface area contributed by atoms with Gasteiger partial charge in [0.05, 0.1) is 0 Å². The van der Waals surface area contributed by atoms with Crippen molar-refractivity contribution in [2.75, 3.05) is 25.0 Å². The van der Waals surface area contributed by atoms with Crippen molar-refractivity contribution in [3.8, 4) is 0 Å². The quantitative estimate of drug-likeness (QED) is 0.921. The molecule has 1 N–H and O–H groups in total. The fourth-order valence-corrected chi connectivity index (χ4v) is 3.24. The molecule has 0 spiro atoms. The van der Waals surface area contributed by atoms with Gasteiger partial charge in [-0.05, 0) is 58.0 Å². The first-order chi connectivity index (χ1) is 8.05. The summed E-state index contributed by atoms with van der Waals surface area (Å²) in [5.41, 5.74) is 1.55. The maximum atomic E-state index is 3.55. The van der Waals surface area contributed by atoms with Crippen LogP contribution in [0.3, 0.4) is 0 Å². The SMILES string of the molecule is CNCC1CCN(c2cccc(Br)c2)C1(C)C. The zero-order valence-corrected chi connectivity index (χ0v) is 12.4. The van der Waals surface area contributed by atoms with E-state index in [1.807, 2.05) is 7.05 Å². The van der Waals surface area contributed by atoms with Crippen molar-refractivity contribution in [3.05, 3.63) is 28.7 Å². The Morgan fingerprint density at radius 1 is 1.47 bits per heavy atom. The first-order valence-electron chi connectivity index (χ1n) is 6.23. The average molecular weight is 297 g/mol. The van der Waals surface area contributed by atoms with E-state index >= 15 is 0 Å². The number of nitrogens with one attached hydrogen (secondary N) is 1. The first kappa shape index (κ1) is 12.9. The minimum absolute atomic E-state index is 0.226. The van der Waals surface area contributed by atoms with E-state index in [0.717, 1.165) is 17.6 Å². The summed E-state index contributed by atoms with van der Waals surface area (Å²) >= 11 is 3.55. The highest BCUT2D eigenvalue weighted by Gasteiger charge is 2.40. The molecule has 0 saturated carbocycles. The third-order valence-corrected chi connectivity index (χ3v) is 4.46. The predicted molar refractivity (Wildman–Crippen MR) is 77.6 cm³/mol. The van der Waals surface area contributed by atoms with E-state index in [4.69, 9.17) is 0 Å². The Morgan fingerprint density at radius 2 is 2.24 bits per heavy atom. The lowest BCUT2D eigenvalue weighted by Gasteiger charge is -2.38. The van der Waals surface area contributed by atoms with Crippen LogP contribution in [-0.2, 0) is 0 Å². The van der Waals surface area contributed by atoms with E-state index in [-0.39, 0.29) is 5.54 Å². The molecule has 1 fully saturated rings. The summed E-state index contributed by atoms with van der Waals surface area (Å²) < 4.78 is 1.16. The lowest BCUT2D eigenvalue weighted by Crippen LogP contribution is -2.45. The lowest BCUT2D eigenvalue weighted by molar-refractivity contribution is 0.356. The molecule has 3 heteroatoms. The highest BCUT2D eigenvalue weighted by atomic mass is 79.9. The van der Waals surface area contributed by atoms with Gasteiger partial charge in [0, 0.05) is 22.2 Å². The molecule has 0 radical (unpaired) electrons. The molecule has 2 nitrogen and oxygen atoms in total. The van der Waals surface area contributed by atoms with E-state index in [1.165, 1.54) is 12.1 Å². The maximum absolute atomic E-state index is 3.55. The number of nitrogens with zero attached hydrogens (tertiary/aromatic N) is 1. The van der Waals surface area contributed by atoms with Crippen LogP contribution >= 0.6 is 15.9 Å². The molecule has 0 aromatic heterocycles. The standard InChI is InChI=1S/C14H21BrN2/c1-14(2)11(10-16-3)7-8-17(14)13-6-4-5-12(15)9-13/h4-6,9,11,16H,7-8,10H2,1-3H3. The van der Waals surface area contributed by atoms with Gasteiger partial charge in [0.2, 0.25) is 0 Å². The second kappa shape index (κ2) is 4.99. The van der Waals surface area contributed by atoms with Crippen LogP contribution in [0.4, 0.5) is 5.69 Å². The van der Waals surface area contributed by atoms with Crippen LogP contribution in [0, 0.1) is 5.92 Å². The Hall–Kier alpha value is -0.540. The summed E-state index contributed by atoms with van der Waals surface area (Å²) in [4.78, 5) is 2.53. The minimum Gasteiger partial charge on any atom is -0.366 e. The molecule has 0 amide bonds. The largest absolute Gasteiger partial charge is 0.366 e. The summed E-state index contributed by atoms with van der Waals surface area (Å²) in [6.45, 7) is 6.94. The van der Waals surface area contributed by atoms with Gasteiger partial charge >= 0.3 is 0 Å². The molecular weight excluding hydrogens is 276 g/mol. The summed E-state index contributed by atoms with van der Waals surface area (Å²) in [5.74, 6) is 0.714. The molecular formula is C14H21BrN2. The fourth-order valence-electron chi connectivity index (χ4n) is 2.85. The van der Waals surface area contributed by atoms with Crippen LogP contribution in [-0.4, -0.2) is 25.7 Å². The highest BCUT2D eigenvalue weighted by Crippen LogP contribution is 2.38. The van der Waals surface area contributed by atoms with E-state index < -0.39 is 0 Å². The lowest BCUT2D eigenvalue weighted by atomic mass is 9.88. The van der Waals surface area contributed by atoms with Gasteiger partial charge in [-0.1, -0.05) is 22.0 Å². The normalized spacial score (nSPS) is 23.1. The number of benzene rings is 1. The van der Waals surface area contributed by atoms with Crippen LogP contribution in [0.25, 0.3) is 0 Å². The third-order valence-electron chi connectivity index (χ3n) is 3.97. The van der Waals surface area contributed by atoms with E-state index in [1.54, 1.807) is 0 Å². The van der Waals surface area contributed by atoms with Crippen molar-refractivity contribution in [1.82, 2.24) is 5.32 Å². The molecule has 1 aromatic rings. The average Bonchev–Trinajstić information content (AvgIpc) is 2.55. The molecule has 2 rings (SSSR count). The molecule has 94 valence electrons. The molecule has 1 aliphatic rings. The van der Waals surface area contributed by atoms with Crippen LogP contribution in [0.5, 0.6) is 0 Å². The fraction of sp³-hybridized carbons (Fsp3) is 0.571. The number of hydrogen-bond donors (Lipinski definition) is 1. The van der Waals surface area contributed by atoms with Gasteiger partial charge in [-0.15, -0.1) is 0 Å². The van der Waals surface area contributed by atoms with E-state index in [0.29, 0.717) is 5.92 Å². The van der Waals surface area contributed by atoms with Gasteiger partial charge in [0.1, 0.15) is 0 Å². The van der Waals surface area contributed by atoms with Crippen molar-refractivity contribution >= 4 is 21.6 Å². The summed E-state index contributed by atoms with van der Waals surface area (Å²) in [6, 6.07) is 8.61. The second-order valence-corrected chi connectivity index (χ2v) is 6.24. The van der Waals surface area contributed by atoms with Gasteiger partial charge in [-0.3, -0.25) is 0 Å². The molecule has 1 aliphatic heterocycles. The molecule has 1 heterocycles. The molecule has 0 bridgehead atoms. The van der Waals surface area contributed by atoms with E-state index in [9.17, 15) is 0 Å². The minimum atomic E-state index is 0.226. The first-order valence-corrected chi connectivity index (χ1v) is 7.03. The van der Waals surface area contributed by atoms with Gasteiger partial charge in [0.15, 0.2) is 0 Å². The Labute approximate surface area is 113 Å². The summed E-state index contributed by atoms with van der Waals surface area (Å²) in [6.07, 6.45) is 1.26. The summed E-state index contributed by atoms with van der Waals surface area (Å²) in [7, 11) is 2.04. The maximum Gasteiger partial charge on any atom is 0.0386 e. The van der Waals surface area contributed by atoms with Gasteiger partial charge in [-0.2, -0.15) is 0 Å². The Balaban J connectivity index is 2.23. The van der Waals surface area contributed by atoms with Crippen molar-refractivity contribution in [3.63, 3.8) is 0 Å². The van der Waals surface area contributed by atoms with Crippen LogP contribution in [0.1, 0.15) is 20.3 Å². The van der Waals surface area contributed by atoms with Crippen molar-refractivity contribution in [1.29, 1.82) is 0 Å². The molecule has 0 aliphatic carbocycles. The number of halogens is 1. The van der Waals surface area contributed by atoms with Crippen molar-refractivity contribution in [2.24, 2.45) is 5.92 Å².